The number of hydrogen-bond acceptors (Lipinski definition) is 6. The molecule has 0 aromatic heterocycles. The summed E-state index contributed by atoms with van der Waals surface area (Å²) in [6.07, 6.45) is 0.477. The van der Waals surface area contributed by atoms with Gasteiger partial charge in [-0.25, -0.2) is 8.37 Å². The first-order chi connectivity index (χ1) is 6.12. The lowest BCUT2D eigenvalue weighted by molar-refractivity contribution is 0.180. The van der Waals surface area contributed by atoms with Crippen molar-refractivity contribution in [2.45, 2.75) is 12.8 Å². The summed E-state index contributed by atoms with van der Waals surface area (Å²) in [7, 11) is -3.95. The van der Waals surface area contributed by atoms with Gasteiger partial charge in [-0.3, -0.25) is 0 Å². The topological polar surface area (TPSA) is 93.1 Å². The fourth-order valence-electron chi connectivity index (χ4n) is 0.485. The zero-order chi connectivity index (χ0) is 10.2. The Morgan fingerprint density at radius 2 is 1.31 bits per heavy atom. The normalized spacial score (nSPS) is 11.8. The highest BCUT2D eigenvalue weighted by atomic mass is 32.3. The standard InChI is InChI=1S/C6H14O6S/c7-3-1-5-11-13(9,10)12-6-2-4-8/h7-8H,1-6H2. The van der Waals surface area contributed by atoms with Gasteiger partial charge in [-0.1, -0.05) is 0 Å². The molecule has 0 aliphatic carbocycles. The Hall–Kier alpha value is -0.210. The molecule has 80 valence electrons. The number of aliphatic hydroxyl groups is 2. The minimum Gasteiger partial charge on any atom is -0.396 e. The van der Waals surface area contributed by atoms with Crippen LogP contribution in [-0.4, -0.2) is 45.1 Å². The van der Waals surface area contributed by atoms with E-state index in [1.165, 1.54) is 0 Å². The van der Waals surface area contributed by atoms with Crippen molar-refractivity contribution in [3.8, 4) is 0 Å². The molecule has 13 heavy (non-hydrogen) atoms. The predicted molar refractivity (Wildman–Crippen MR) is 44.2 cm³/mol. The molecular weight excluding hydrogens is 200 g/mol. The van der Waals surface area contributed by atoms with Crippen LogP contribution in [0.5, 0.6) is 0 Å². The molecule has 2 N–H and O–H groups in total. The molecule has 0 amide bonds. The van der Waals surface area contributed by atoms with Crippen LogP contribution in [0.4, 0.5) is 0 Å². The molecule has 0 rings (SSSR count). The molecule has 0 atom stereocenters. The number of rotatable bonds is 8. The summed E-state index contributed by atoms with van der Waals surface area (Å²) in [5.41, 5.74) is 0. The summed E-state index contributed by atoms with van der Waals surface area (Å²) in [4.78, 5) is 0. The van der Waals surface area contributed by atoms with Gasteiger partial charge in [0.15, 0.2) is 0 Å². The largest absolute Gasteiger partial charge is 0.399 e. The Kier molecular flexibility index (Phi) is 7.10. The van der Waals surface area contributed by atoms with Crippen molar-refractivity contribution in [2.75, 3.05) is 26.4 Å². The van der Waals surface area contributed by atoms with Crippen LogP contribution in [-0.2, 0) is 18.8 Å². The first kappa shape index (κ1) is 12.8. The highest BCUT2D eigenvalue weighted by Crippen LogP contribution is 1.97. The van der Waals surface area contributed by atoms with Crippen molar-refractivity contribution in [3.63, 3.8) is 0 Å². The van der Waals surface area contributed by atoms with Crippen molar-refractivity contribution >= 4 is 10.4 Å². The molecule has 0 fully saturated rings. The van der Waals surface area contributed by atoms with Crippen LogP contribution in [0.25, 0.3) is 0 Å². The minimum atomic E-state index is -3.95. The van der Waals surface area contributed by atoms with Gasteiger partial charge in [0.05, 0.1) is 13.2 Å². The third-order valence-electron chi connectivity index (χ3n) is 1.06. The van der Waals surface area contributed by atoms with Gasteiger partial charge in [0.25, 0.3) is 0 Å². The van der Waals surface area contributed by atoms with Gasteiger partial charge in [0, 0.05) is 13.2 Å². The molecule has 0 radical (unpaired) electrons. The summed E-state index contributed by atoms with van der Waals surface area (Å²) in [6.45, 7) is -0.464. The van der Waals surface area contributed by atoms with Crippen molar-refractivity contribution in [1.29, 1.82) is 0 Å². The van der Waals surface area contributed by atoms with E-state index < -0.39 is 10.4 Å². The van der Waals surface area contributed by atoms with Crippen molar-refractivity contribution in [3.05, 3.63) is 0 Å². The lowest BCUT2D eigenvalue weighted by atomic mass is 10.5. The molecule has 0 unspecified atom stereocenters. The molecular formula is C6H14O6S. The van der Waals surface area contributed by atoms with Gasteiger partial charge in [-0.15, -0.1) is 0 Å². The molecule has 0 saturated carbocycles. The molecule has 7 heteroatoms. The molecule has 0 aliphatic rings. The van der Waals surface area contributed by atoms with Crippen molar-refractivity contribution in [1.82, 2.24) is 0 Å². The molecule has 0 aliphatic heterocycles. The van der Waals surface area contributed by atoms with Crippen LogP contribution in [0.1, 0.15) is 12.8 Å². The fourth-order valence-corrected chi connectivity index (χ4v) is 1.20. The number of aliphatic hydroxyl groups excluding tert-OH is 2. The third kappa shape index (κ3) is 8.13. The van der Waals surface area contributed by atoms with E-state index in [1.54, 1.807) is 0 Å². The lowest BCUT2D eigenvalue weighted by Gasteiger charge is -2.03. The van der Waals surface area contributed by atoms with Crippen LogP contribution in [0.2, 0.25) is 0 Å². The summed E-state index contributed by atoms with van der Waals surface area (Å²) in [5.74, 6) is 0. The molecule has 0 aromatic carbocycles. The first-order valence-corrected chi connectivity index (χ1v) is 5.21. The van der Waals surface area contributed by atoms with E-state index in [1.807, 2.05) is 0 Å². The Morgan fingerprint density at radius 1 is 0.923 bits per heavy atom. The van der Waals surface area contributed by atoms with E-state index in [4.69, 9.17) is 10.2 Å². The van der Waals surface area contributed by atoms with Crippen LogP contribution in [0, 0.1) is 0 Å². The quantitative estimate of drug-likeness (QED) is 0.505. The molecule has 0 heterocycles. The van der Waals surface area contributed by atoms with Gasteiger partial charge >= 0.3 is 10.4 Å². The maximum Gasteiger partial charge on any atom is 0.399 e. The van der Waals surface area contributed by atoms with Crippen LogP contribution >= 0.6 is 0 Å². The predicted octanol–water partition coefficient (Wildman–Crippen LogP) is -0.971. The average molecular weight is 214 g/mol. The second kappa shape index (κ2) is 7.22. The van der Waals surface area contributed by atoms with E-state index in [9.17, 15) is 8.42 Å². The Labute approximate surface area is 77.4 Å². The van der Waals surface area contributed by atoms with E-state index in [0.29, 0.717) is 0 Å². The Balaban J connectivity index is 3.55. The average Bonchev–Trinajstić information content (AvgIpc) is 2.05. The zero-order valence-electron chi connectivity index (χ0n) is 7.18. The molecule has 0 saturated heterocycles. The highest BCUT2D eigenvalue weighted by Gasteiger charge is 2.10. The van der Waals surface area contributed by atoms with E-state index in [-0.39, 0.29) is 39.3 Å². The molecule has 0 spiro atoms. The summed E-state index contributed by atoms with van der Waals surface area (Å²) < 4.78 is 30.2. The van der Waals surface area contributed by atoms with Gasteiger partial charge < -0.3 is 10.2 Å². The SMILES string of the molecule is O=S(=O)(OCCCO)OCCCO. The Bertz CT molecular complexity index is 183. The lowest BCUT2D eigenvalue weighted by Crippen LogP contribution is -2.13. The Morgan fingerprint density at radius 3 is 1.62 bits per heavy atom. The van der Waals surface area contributed by atoms with Gasteiger partial charge in [0.2, 0.25) is 0 Å². The van der Waals surface area contributed by atoms with E-state index in [2.05, 4.69) is 8.37 Å². The smallest absolute Gasteiger partial charge is 0.396 e. The minimum absolute atomic E-state index is 0.0992. The number of hydrogen-bond donors (Lipinski definition) is 2. The maximum absolute atomic E-state index is 10.8. The van der Waals surface area contributed by atoms with Gasteiger partial charge in [0.1, 0.15) is 0 Å². The zero-order valence-corrected chi connectivity index (χ0v) is 7.99. The maximum atomic E-state index is 10.8. The van der Waals surface area contributed by atoms with Gasteiger partial charge in [-0.2, -0.15) is 8.42 Å². The van der Waals surface area contributed by atoms with Gasteiger partial charge in [-0.05, 0) is 12.8 Å². The van der Waals surface area contributed by atoms with Crippen molar-refractivity contribution in [2.24, 2.45) is 0 Å². The highest BCUT2D eigenvalue weighted by molar-refractivity contribution is 7.81. The third-order valence-corrected chi connectivity index (χ3v) is 1.97. The van der Waals surface area contributed by atoms with E-state index >= 15 is 0 Å². The van der Waals surface area contributed by atoms with Crippen LogP contribution in [0.3, 0.4) is 0 Å². The second-order valence-electron chi connectivity index (χ2n) is 2.21. The molecule has 0 aromatic rings. The van der Waals surface area contributed by atoms with E-state index in [0.717, 1.165) is 0 Å². The molecule has 6 nitrogen and oxygen atoms in total. The molecule has 0 bridgehead atoms. The summed E-state index contributed by atoms with van der Waals surface area (Å²) in [5, 5.41) is 16.7. The fraction of sp³-hybridized carbons (Fsp3) is 1.00. The van der Waals surface area contributed by atoms with Crippen LogP contribution in [0.15, 0.2) is 0 Å². The first-order valence-electron chi connectivity index (χ1n) is 3.88. The summed E-state index contributed by atoms with van der Waals surface area (Å²) >= 11 is 0. The monoisotopic (exact) mass is 214 g/mol. The second-order valence-corrected chi connectivity index (χ2v) is 3.49. The van der Waals surface area contributed by atoms with Crippen LogP contribution < -0.4 is 0 Å². The summed E-state index contributed by atoms with van der Waals surface area (Å²) in [6, 6.07) is 0. The van der Waals surface area contributed by atoms with Crippen molar-refractivity contribution < 1.29 is 27.0 Å².